The van der Waals surface area contributed by atoms with E-state index < -0.39 is 36.5 Å². The van der Waals surface area contributed by atoms with Gasteiger partial charge >= 0.3 is 103 Å². The summed E-state index contributed by atoms with van der Waals surface area (Å²) >= 11 is -0.992. The number of carbonyl (C=O) groups is 2. The molecular weight excluding hydrogens is 709 g/mol. The van der Waals surface area contributed by atoms with Crippen LogP contribution in [0.3, 0.4) is 0 Å². The molecular formula is C32H24HgN2O6. The van der Waals surface area contributed by atoms with E-state index in [1.165, 1.54) is 24.3 Å². The van der Waals surface area contributed by atoms with Crippen LogP contribution in [0.1, 0.15) is 21.0 Å². The summed E-state index contributed by atoms with van der Waals surface area (Å²) in [7, 11) is 0. The van der Waals surface area contributed by atoms with Gasteiger partial charge < -0.3 is 20.4 Å². The van der Waals surface area contributed by atoms with Gasteiger partial charge in [0.25, 0.3) is 0 Å². The van der Waals surface area contributed by atoms with Crippen molar-refractivity contribution in [1.82, 2.24) is 9.97 Å². The van der Waals surface area contributed by atoms with Gasteiger partial charge in [-0.3, -0.25) is 0 Å². The van der Waals surface area contributed by atoms with Gasteiger partial charge in [0.15, 0.2) is 0 Å². The second-order valence-electron chi connectivity index (χ2n) is 8.85. The SMILES string of the molecule is O=C(O)c1ccc2cccc(O)c2n1.O=C(O)c1ccc2cccc(O)c2n1.c1cc[c]([Hg][c]2ccccc2)cc1. The van der Waals surface area contributed by atoms with Gasteiger partial charge in [0, 0.05) is 10.8 Å². The van der Waals surface area contributed by atoms with E-state index in [4.69, 9.17) is 10.2 Å². The number of aromatic hydroxyl groups is 2. The minimum absolute atomic E-state index is 0.00870. The van der Waals surface area contributed by atoms with Crippen LogP contribution in [0.25, 0.3) is 21.8 Å². The monoisotopic (exact) mass is 734 g/mol. The molecule has 2 aromatic heterocycles. The summed E-state index contributed by atoms with van der Waals surface area (Å²) < 4.78 is 3.18. The number of hydrogen-bond donors (Lipinski definition) is 4. The van der Waals surface area contributed by atoms with Gasteiger partial charge in [0.2, 0.25) is 0 Å². The molecule has 9 heteroatoms. The van der Waals surface area contributed by atoms with Gasteiger partial charge in [-0.05, 0) is 24.3 Å². The van der Waals surface area contributed by atoms with E-state index in [1.54, 1.807) is 42.5 Å². The van der Waals surface area contributed by atoms with Crippen LogP contribution >= 0.6 is 0 Å². The second kappa shape index (κ2) is 14.0. The van der Waals surface area contributed by atoms with Gasteiger partial charge in [0.1, 0.15) is 33.9 Å². The Balaban J connectivity index is 0.000000142. The topological polar surface area (TPSA) is 141 Å². The number of phenolic OH excluding ortho intramolecular Hbond substituents is 2. The van der Waals surface area contributed by atoms with Gasteiger partial charge in [0.05, 0.1) is 0 Å². The summed E-state index contributed by atoms with van der Waals surface area (Å²) in [6.45, 7) is 0. The first-order valence-corrected chi connectivity index (χ1v) is 18.0. The van der Waals surface area contributed by atoms with Crippen molar-refractivity contribution < 1.29 is 54.6 Å². The molecule has 4 aromatic carbocycles. The Hall–Kier alpha value is -4.82. The predicted molar refractivity (Wildman–Crippen MR) is 153 cm³/mol. The number of benzene rings is 4. The standard InChI is InChI=1S/2C10H7NO3.2C6H5.Hg/c2*12-8-3-1-2-6-4-5-7(10(13)14)11-9(6)8;2*1-2-4-6-5-3-1;/h2*1-5,12H,(H,13,14);2*1-5H;. The summed E-state index contributed by atoms with van der Waals surface area (Å²) in [6, 6.07) is 37.6. The number of phenols is 2. The molecule has 0 amide bonds. The number of fused-ring (bicyclic) bond motifs is 2. The Labute approximate surface area is 247 Å². The molecule has 2 heterocycles. The molecule has 41 heavy (non-hydrogen) atoms. The summed E-state index contributed by atoms with van der Waals surface area (Å²) in [4.78, 5) is 28.9. The van der Waals surface area contributed by atoms with Crippen LogP contribution in [0.4, 0.5) is 0 Å². The van der Waals surface area contributed by atoms with Gasteiger partial charge in [-0.15, -0.1) is 0 Å². The molecule has 0 unspecified atom stereocenters. The maximum atomic E-state index is 10.6. The molecule has 0 aliphatic heterocycles. The third-order valence-electron chi connectivity index (χ3n) is 5.93. The quantitative estimate of drug-likeness (QED) is 0.186. The van der Waals surface area contributed by atoms with Crippen molar-refractivity contribution in [3.05, 3.63) is 133 Å². The first kappa shape index (κ1) is 29.2. The van der Waals surface area contributed by atoms with Crippen molar-refractivity contribution in [1.29, 1.82) is 0 Å². The molecule has 8 nitrogen and oxygen atoms in total. The number of carboxylic acid groups (broad SMARTS) is 2. The molecule has 4 N–H and O–H groups in total. The fourth-order valence-corrected chi connectivity index (χ4v) is 9.71. The van der Waals surface area contributed by atoms with Crippen LogP contribution in [-0.4, -0.2) is 42.3 Å². The maximum absolute atomic E-state index is 10.6. The van der Waals surface area contributed by atoms with Crippen molar-refractivity contribution in [2.75, 3.05) is 0 Å². The van der Waals surface area contributed by atoms with Gasteiger partial charge in [-0.25, -0.2) is 19.6 Å². The van der Waals surface area contributed by atoms with Crippen LogP contribution in [0.2, 0.25) is 0 Å². The number of hydrogen-bond acceptors (Lipinski definition) is 6. The average molecular weight is 733 g/mol. The van der Waals surface area contributed by atoms with E-state index in [9.17, 15) is 19.8 Å². The molecule has 0 bridgehead atoms. The van der Waals surface area contributed by atoms with Crippen LogP contribution in [0.5, 0.6) is 11.5 Å². The van der Waals surface area contributed by atoms with E-state index >= 15 is 0 Å². The Kier molecular flexibility index (Phi) is 9.96. The fraction of sp³-hybridized carbons (Fsp3) is 0. The zero-order valence-corrected chi connectivity index (χ0v) is 27.3. The second-order valence-corrected chi connectivity index (χ2v) is 16.6. The number of para-hydroxylation sites is 2. The predicted octanol–water partition coefficient (Wildman–Crippen LogP) is 5.00. The van der Waals surface area contributed by atoms with Crippen LogP contribution in [0.15, 0.2) is 121 Å². The Morgan fingerprint density at radius 3 is 1.24 bits per heavy atom. The number of aromatic nitrogens is 2. The molecule has 0 saturated heterocycles. The molecule has 0 spiro atoms. The van der Waals surface area contributed by atoms with Crippen molar-refractivity contribution in [2.24, 2.45) is 0 Å². The first-order chi connectivity index (χ1) is 19.8. The molecule has 6 rings (SSSR count). The van der Waals surface area contributed by atoms with Crippen molar-refractivity contribution in [3.63, 3.8) is 0 Å². The molecule has 0 aliphatic carbocycles. The van der Waals surface area contributed by atoms with Gasteiger partial charge in [-0.2, -0.15) is 0 Å². The van der Waals surface area contributed by atoms with Crippen molar-refractivity contribution in [2.45, 2.75) is 0 Å². The van der Waals surface area contributed by atoms with E-state index in [0.29, 0.717) is 11.0 Å². The minimum atomic E-state index is -1.10. The Morgan fingerprint density at radius 2 is 0.878 bits per heavy atom. The average Bonchev–Trinajstić information content (AvgIpc) is 2.99. The van der Waals surface area contributed by atoms with Crippen LogP contribution in [0, 0.1) is 0 Å². The van der Waals surface area contributed by atoms with Crippen LogP contribution < -0.4 is 6.14 Å². The summed E-state index contributed by atoms with van der Waals surface area (Å²) in [5.74, 6) is -2.22. The molecule has 0 aliphatic rings. The van der Waals surface area contributed by atoms with Crippen molar-refractivity contribution in [3.8, 4) is 11.5 Å². The number of aromatic carboxylic acids is 2. The zero-order chi connectivity index (χ0) is 29.2. The van der Waals surface area contributed by atoms with Gasteiger partial charge in [-0.1, -0.05) is 36.4 Å². The molecule has 0 fully saturated rings. The van der Waals surface area contributed by atoms with E-state index in [-0.39, 0.29) is 22.9 Å². The Morgan fingerprint density at radius 1 is 0.488 bits per heavy atom. The van der Waals surface area contributed by atoms with E-state index in [2.05, 4.69) is 70.6 Å². The third kappa shape index (κ3) is 8.09. The first-order valence-electron chi connectivity index (χ1n) is 12.5. The number of rotatable bonds is 4. The molecule has 0 saturated carbocycles. The molecule has 200 valence electrons. The number of nitrogens with zero attached hydrogens (tertiary/aromatic N) is 2. The van der Waals surface area contributed by atoms with E-state index in [0.717, 1.165) is 10.8 Å². The van der Waals surface area contributed by atoms with Crippen LogP contribution in [-0.2, 0) is 24.6 Å². The summed E-state index contributed by atoms with van der Waals surface area (Å²) in [5.41, 5.74) is 0.484. The number of pyridine rings is 2. The third-order valence-corrected chi connectivity index (χ3v) is 12.8. The summed E-state index contributed by atoms with van der Waals surface area (Å²) in [5, 5.41) is 37.7. The number of carboxylic acids is 2. The van der Waals surface area contributed by atoms with E-state index in [1.807, 2.05) is 0 Å². The normalized spacial score (nSPS) is 9.95. The Bertz CT molecular complexity index is 1660. The van der Waals surface area contributed by atoms with Crippen molar-refractivity contribution >= 4 is 39.9 Å². The summed E-state index contributed by atoms with van der Waals surface area (Å²) in [6.07, 6.45) is 0. The molecule has 0 radical (unpaired) electrons. The fourth-order valence-electron chi connectivity index (χ4n) is 3.93. The molecule has 6 aromatic rings. The zero-order valence-electron chi connectivity index (χ0n) is 21.8. The molecule has 0 atom stereocenters.